The number of rotatable bonds is 8. The van der Waals surface area contributed by atoms with Gasteiger partial charge in [-0.1, -0.05) is 31.0 Å². The summed E-state index contributed by atoms with van der Waals surface area (Å²) >= 11 is 0. The standard InChI is InChI=1S/C18H29N3O2/c1-19-18(20-12-7-13-23-16-9-4-5-10-16)21-14-15-8-3-6-11-17(15)22-2/h3,6,8,11,16H,4-5,7,9-10,12-14H2,1-2H3,(H2,19,20,21). The normalized spacial score (nSPS) is 15.7. The SMILES string of the molecule is CN=C(NCCCOC1CCCC1)NCc1ccccc1OC. The van der Waals surface area contributed by atoms with E-state index in [0.29, 0.717) is 12.6 Å². The van der Waals surface area contributed by atoms with E-state index in [-0.39, 0.29) is 0 Å². The van der Waals surface area contributed by atoms with Crippen molar-refractivity contribution >= 4 is 5.96 Å². The molecule has 0 aromatic heterocycles. The zero-order valence-electron chi connectivity index (χ0n) is 14.3. The Hall–Kier alpha value is -1.75. The molecular weight excluding hydrogens is 290 g/mol. The summed E-state index contributed by atoms with van der Waals surface area (Å²) in [4.78, 5) is 4.25. The maximum atomic E-state index is 5.86. The van der Waals surface area contributed by atoms with Gasteiger partial charge in [0.15, 0.2) is 5.96 Å². The summed E-state index contributed by atoms with van der Waals surface area (Å²) in [6.45, 7) is 2.36. The van der Waals surface area contributed by atoms with Gasteiger partial charge in [-0.15, -0.1) is 0 Å². The van der Waals surface area contributed by atoms with Crippen LogP contribution in [0.1, 0.15) is 37.7 Å². The lowest BCUT2D eigenvalue weighted by atomic mass is 10.2. The number of guanidine groups is 1. The van der Waals surface area contributed by atoms with Gasteiger partial charge >= 0.3 is 0 Å². The van der Waals surface area contributed by atoms with Gasteiger partial charge in [-0.05, 0) is 25.3 Å². The highest BCUT2D eigenvalue weighted by Crippen LogP contribution is 2.20. The summed E-state index contributed by atoms with van der Waals surface area (Å²) in [6, 6.07) is 8.00. The van der Waals surface area contributed by atoms with Gasteiger partial charge in [0, 0.05) is 32.3 Å². The first-order chi connectivity index (χ1) is 11.3. The van der Waals surface area contributed by atoms with E-state index in [2.05, 4.69) is 21.7 Å². The molecular formula is C18H29N3O2. The highest BCUT2D eigenvalue weighted by Gasteiger charge is 2.14. The molecule has 0 amide bonds. The number of ether oxygens (including phenoxy) is 2. The van der Waals surface area contributed by atoms with E-state index in [4.69, 9.17) is 9.47 Å². The zero-order chi connectivity index (χ0) is 16.3. The Morgan fingerprint density at radius 1 is 1.22 bits per heavy atom. The Bertz CT molecular complexity index is 485. The molecule has 1 aromatic rings. The van der Waals surface area contributed by atoms with Crippen LogP contribution < -0.4 is 15.4 Å². The van der Waals surface area contributed by atoms with Crippen LogP contribution in [0.15, 0.2) is 29.3 Å². The molecule has 128 valence electrons. The van der Waals surface area contributed by atoms with Crippen molar-refractivity contribution in [1.82, 2.24) is 10.6 Å². The minimum Gasteiger partial charge on any atom is -0.496 e. The molecule has 0 atom stereocenters. The number of aliphatic imine (C=N–C) groups is 1. The third-order valence-corrected chi connectivity index (χ3v) is 4.13. The third-order valence-electron chi connectivity index (χ3n) is 4.13. The van der Waals surface area contributed by atoms with Gasteiger partial charge in [0.25, 0.3) is 0 Å². The Balaban J connectivity index is 1.63. The number of methoxy groups -OCH3 is 1. The van der Waals surface area contributed by atoms with Crippen molar-refractivity contribution in [3.05, 3.63) is 29.8 Å². The Labute approximate surface area is 139 Å². The van der Waals surface area contributed by atoms with E-state index < -0.39 is 0 Å². The van der Waals surface area contributed by atoms with Crippen LogP contribution in [-0.4, -0.2) is 39.4 Å². The molecule has 5 nitrogen and oxygen atoms in total. The monoisotopic (exact) mass is 319 g/mol. The molecule has 0 heterocycles. The molecule has 0 unspecified atom stereocenters. The maximum absolute atomic E-state index is 5.86. The van der Waals surface area contributed by atoms with E-state index >= 15 is 0 Å². The van der Waals surface area contributed by atoms with Gasteiger partial charge in [-0.3, -0.25) is 4.99 Å². The third kappa shape index (κ3) is 6.10. The Morgan fingerprint density at radius 3 is 2.74 bits per heavy atom. The van der Waals surface area contributed by atoms with Gasteiger partial charge in [-0.2, -0.15) is 0 Å². The van der Waals surface area contributed by atoms with Crippen LogP contribution in [0.3, 0.4) is 0 Å². The van der Waals surface area contributed by atoms with Crippen molar-refractivity contribution in [2.75, 3.05) is 27.3 Å². The van der Waals surface area contributed by atoms with Crippen LogP contribution in [0.5, 0.6) is 5.75 Å². The molecule has 2 N–H and O–H groups in total. The quantitative estimate of drug-likeness (QED) is 0.439. The van der Waals surface area contributed by atoms with Crippen LogP contribution in [0.2, 0.25) is 0 Å². The average Bonchev–Trinajstić information content (AvgIpc) is 3.11. The van der Waals surface area contributed by atoms with E-state index in [1.165, 1.54) is 25.7 Å². The van der Waals surface area contributed by atoms with Crippen LogP contribution in [-0.2, 0) is 11.3 Å². The molecule has 0 spiro atoms. The predicted molar refractivity (Wildman–Crippen MR) is 94.0 cm³/mol. The van der Waals surface area contributed by atoms with Crippen LogP contribution >= 0.6 is 0 Å². The topological polar surface area (TPSA) is 54.9 Å². The van der Waals surface area contributed by atoms with Crippen molar-refractivity contribution in [3.8, 4) is 5.75 Å². The molecule has 1 aliphatic rings. The summed E-state index contributed by atoms with van der Waals surface area (Å²) in [5, 5.41) is 6.63. The Morgan fingerprint density at radius 2 is 2.00 bits per heavy atom. The number of para-hydroxylation sites is 1. The van der Waals surface area contributed by atoms with E-state index in [1.54, 1.807) is 14.2 Å². The second-order valence-corrected chi connectivity index (χ2v) is 5.80. The molecule has 1 aliphatic carbocycles. The molecule has 0 bridgehead atoms. The molecule has 0 aliphatic heterocycles. The fourth-order valence-corrected chi connectivity index (χ4v) is 2.83. The van der Waals surface area contributed by atoms with Crippen molar-refractivity contribution < 1.29 is 9.47 Å². The number of hydrogen-bond acceptors (Lipinski definition) is 3. The maximum Gasteiger partial charge on any atom is 0.191 e. The van der Waals surface area contributed by atoms with Crippen molar-refractivity contribution in [1.29, 1.82) is 0 Å². The van der Waals surface area contributed by atoms with Gasteiger partial charge < -0.3 is 20.1 Å². The van der Waals surface area contributed by atoms with Crippen molar-refractivity contribution in [2.45, 2.75) is 44.8 Å². The van der Waals surface area contributed by atoms with Crippen LogP contribution in [0.4, 0.5) is 0 Å². The molecule has 0 saturated heterocycles. The van der Waals surface area contributed by atoms with Crippen LogP contribution in [0.25, 0.3) is 0 Å². The van der Waals surface area contributed by atoms with Crippen molar-refractivity contribution in [2.24, 2.45) is 4.99 Å². The molecule has 0 radical (unpaired) electrons. The van der Waals surface area contributed by atoms with Crippen molar-refractivity contribution in [3.63, 3.8) is 0 Å². The smallest absolute Gasteiger partial charge is 0.191 e. The fraction of sp³-hybridized carbons (Fsp3) is 0.611. The second kappa shape index (κ2) is 10.1. The largest absolute Gasteiger partial charge is 0.496 e. The molecule has 1 fully saturated rings. The first-order valence-corrected chi connectivity index (χ1v) is 8.51. The summed E-state index contributed by atoms with van der Waals surface area (Å²) in [5.74, 6) is 1.69. The number of nitrogens with zero attached hydrogens (tertiary/aromatic N) is 1. The Kier molecular flexibility index (Phi) is 7.73. The average molecular weight is 319 g/mol. The molecule has 5 heteroatoms. The molecule has 1 aromatic carbocycles. The number of nitrogens with one attached hydrogen (secondary N) is 2. The summed E-state index contributed by atoms with van der Waals surface area (Å²) in [7, 11) is 3.48. The lowest BCUT2D eigenvalue weighted by molar-refractivity contribution is 0.0574. The summed E-state index contributed by atoms with van der Waals surface area (Å²) in [5.41, 5.74) is 1.11. The van der Waals surface area contributed by atoms with Gasteiger partial charge in [-0.25, -0.2) is 0 Å². The fourth-order valence-electron chi connectivity index (χ4n) is 2.83. The minimum absolute atomic E-state index is 0.498. The van der Waals surface area contributed by atoms with Gasteiger partial charge in [0.05, 0.1) is 13.2 Å². The first-order valence-electron chi connectivity index (χ1n) is 8.51. The van der Waals surface area contributed by atoms with Gasteiger partial charge in [0.1, 0.15) is 5.75 Å². The summed E-state index contributed by atoms with van der Waals surface area (Å²) < 4.78 is 11.2. The van der Waals surface area contributed by atoms with E-state index in [9.17, 15) is 0 Å². The molecule has 23 heavy (non-hydrogen) atoms. The molecule has 2 rings (SSSR count). The van der Waals surface area contributed by atoms with E-state index in [1.807, 2.05) is 18.2 Å². The highest BCUT2D eigenvalue weighted by atomic mass is 16.5. The zero-order valence-corrected chi connectivity index (χ0v) is 14.3. The first kappa shape index (κ1) is 17.6. The lowest BCUT2D eigenvalue weighted by Crippen LogP contribution is -2.37. The predicted octanol–water partition coefficient (Wildman–Crippen LogP) is 2.71. The summed E-state index contributed by atoms with van der Waals surface area (Å²) in [6.07, 6.45) is 6.60. The van der Waals surface area contributed by atoms with Crippen LogP contribution in [0, 0.1) is 0 Å². The molecule has 1 saturated carbocycles. The van der Waals surface area contributed by atoms with E-state index in [0.717, 1.165) is 36.8 Å². The number of hydrogen-bond donors (Lipinski definition) is 2. The minimum atomic E-state index is 0.498. The number of benzene rings is 1. The van der Waals surface area contributed by atoms with Gasteiger partial charge in [0.2, 0.25) is 0 Å². The second-order valence-electron chi connectivity index (χ2n) is 5.80. The highest BCUT2D eigenvalue weighted by molar-refractivity contribution is 5.79. The lowest BCUT2D eigenvalue weighted by Gasteiger charge is -2.14.